The maximum Gasteiger partial charge on any atom is 0.412 e. The van der Waals surface area contributed by atoms with Gasteiger partial charge < -0.3 is 25.7 Å². The van der Waals surface area contributed by atoms with Crippen molar-refractivity contribution >= 4 is 35.3 Å². The van der Waals surface area contributed by atoms with Crippen LogP contribution >= 0.6 is 0 Å². The van der Waals surface area contributed by atoms with Crippen molar-refractivity contribution in [3.8, 4) is 11.3 Å². The molecule has 1 aromatic carbocycles. The van der Waals surface area contributed by atoms with Crippen molar-refractivity contribution in [3.63, 3.8) is 0 Å². The first-order chi connectivity index (χ1) is 19.9. The molecule has 1 saturated heterocycles. The molecule has 0 spiro atoms. The predicted octanol–water partition coefficient (Wildman–Crippen LogP) is 2.18. The van der Waals surface area contributed by atoms with Crippen LogP contribution in [-0.4, -0.2) is 58.8 Å². The molecule has 1 aliphatic carbocycles. The van der Waals surface area contributed by atoms with Crippen molar-refractivity contribution in [1.29, 1.82) is 0 Å². The molecule has 2 aromatic rings. The van der Waals surface area contributed by atoms with Crippen molar-refractivity contribution in [3.05, 3.63) is 52.3 Å². The largest absolute Gasteiger partial charge is 0.444 e. The molecule has 12 heteroatoms. The molecule has 1 aromatic heterocycles. The van der Waals surface area contributed by atoms with Crippen LogP contribution < -0.4 is 26.8 Å². The first-order valence-corrected chi connectivity index (χ1v) is 14.1. The molecule has 2 fully saturated rings. The smallest absolute Gasteiger partial charge is 0.412 e. The number of ketones is 1. The SMILES string of the molecule is CC(C)(C)OC(=O)Nc1ccc(-c2cccc(CCC(=O)N[C@@H](C[C@@H]3CCNC3=O)C(=O)C(=O)NC3CC3)c2)[nH]c1=O. The topological polar surface area (TPSA) is 176 Å². The molecule has 0 unspecified atom stereocenters. The standard InChI is InChI=1S/C30H37N5O7/c1-30(2,3)42-29(41)35-22-11-10-21(34-27(22)39)18-6-4-5-17(15-18)7-12-24(36)33-23(16-19-13-14-31-26(19)38)25(37)28(40)32-20-8-9-20/h4-6,10-11,15,19-20,23H,7-9,12-14,16H2,1-3H3,(H,31,38)(H,32,40)(H,33,36)(H,34,39)(H,35,41)/t19-,23-/m0/s1. The van der Waals surface area contributed by atoms with Crippen LogP contribution in [0, 0.1) is 5.92 Å². The van der Waals surface area contributed by atoms with Gasteiger partial charge >= 0.3 is 6.09 Å². The summed E-state index contributed by atoms with van der Waals surface area (Å²) in [5.41, 5.74) is 0.867. The fraction of sp³-hybridized carbons (Fsp3) is 0.467. The maximum absolute atomic E-state index is 12.9. The summed E-state index contributed by atoms with van der Waals surface area (Å²) in [7, 11) is 0. The number of benzene rings is 1. The second-order valence-corrected chi connectivity index (χ2v) is 11.7. The lowest BCUT2D eigenvalue weighted by atomic mass is 9.95. The molecule has 2 heterocycles. The third-order valence-corrected chi connectivity index (χ3v) is 6.89. The normalized spacial score (nSPS) is 17.1. The number of aryl methyl sites for hydroxylation is 1. The van der Waals surface area contributed by atoms with Crippen LogP contribution in [-0.2, 0) is 30.3 Å². The number of aromatic amines is 1. The Hall–Kier alpha value is -4.48. The third kappa shape index (κ3) is 8.76. The van der Waals surface area contributed by atoms with E-state index in [0.717, 1.165) is 18.4 Å². The number of carbonyl (C=O) groups excluding carboxylic acids is 5. The van der Waals surface area contributed by atoms with Crippen LogP contribution in [0.1, 0.15) is 58.4 Å². The van der Waals surface area contributed by atoms with E-state index in [4.69, 9.17) is 4.74 Å². The first-order valence-electron chi connectivity index (χ1n) is 14.1. The van der Waals surface area contributed by atoms with E-state index in [-0.39, 0.29) is 30.5 Å². The van der Waals surface area contributed by atoms with Crippen molar-refractivity contribution in [2.75, 3.05) is 11.9 Å². The quantitative estimate of drug-likeness (QED) is 0.254. The van der Waals surface area contributed by atoms with E-state index in [1.807, 2.05) is 12.1 Å². The molecular weight excluding hydrogens is 542 g/mol. The van der Waals surface area contributed by atoms with E-state index >= 15 is 0 Å². The second kappa shape index (κ2) is 13.0. The Balaban J connectivity index is 1.37. The molecule has 0 bridgehead atoms. The van der Waals surface area contributed by atoms with Gasteiger partial charge in [0.1, 0.15) is 11.3 Å². The van der Waals surface area contributed by atoms with Gasteiger partial charge in [0.2, 0.25) is 17.6 Å². The van der Waals surface area contributed by atoms with Crippen LogP contribution in [0.3, 0.4) is 0 Å². The van der Waals surface area contributed by atoms with Gasteiger partial charge in [-0.25, -0.2) is 4.79 Å². The van der Waals surface area contributed by atoms with Gasteiger partial charge in [0.15, 0.2) is 0 Å². The fourth-order valence-corrected chi connectivity index (χ4v) is 4.60. The maximum atomic E-state index is 12.9. The Morgan fingerprint density at radius 3 is 2.45 bits per heavy atom. The van der Waals surface area contributed by atoms with Gasteiger partial charge in [-0.15, -0.1) is 0 Å². The van der Waals surface area contributed by atoms with Crippen LogP contribution in [0.25, 0.3) is 11.3 Å². The van der Waals surface area contributed by atoms with Crippen molar-refractivity contribution < 1.29 is 28.7 Å². The number of rotatable bonds is 11. The Labute approximate surface area is 243 Å². The average Bonchev–Trinajstić information content (AvgIpc) is 3.65. The number of hydrogen-bond donors (Lipinski definition) is 5. The molecule has 5 N–H and O–H groups in total. The van der Waals surface area contributed by atoms with E-state index in [1.54, 1.807) is 39.0 Å². The van der Waals surface area contributed by atoms with E-state index in [0.29, 0.717) is 30.6 Å². The summed E-state index contributed by atoms with van der Waals surface area (Å²) in [6, 6.07) is 9.30. The summed E-state index contributed by atoms with van der Waals surface area (Å²) >= 11 is 0. The molecule has 224 valence electrons. The third-order valence-electron chi connectivity index (χ3n) is 6.89. The minimum atomic E-state index is -1.09. The lowest BCUT2D eigenvalue weighted by Gasteiger charge is -2.20. The van der Waals surface area contributed by atoms with Gasteiger partial charge in [-0.1, -0.05) is 18.2 Å². The van der Waals surface area contributed by atoms with E-state index in [1.165, 1.54) is 6.07 Å². The monoisotopic (exact) mass is 579 g/mol. The summed E-state index contributed by atoms with van der Waals surface area (Å²) in [6.07, 6.45) is 1.89. The van der Waals surface area contributed by atoms with Gasteiger partial charge in [-0.05, 0) is 82.2 Å². The van der Waals surface area contributed by atoms with E-state index in [9.17, 15) is 28.8 Å². The zero-order valence-corrected chi connectivity index (χ0v) is 24.0. The Morgan fingerprint density at radius 1 is 1.05 bits per heavy atom. The second-order valence-electron chi connectivity index (χ2n) is 11.7. The molecule has 12 nitrogen and oxygen atoms in total. The van der Waals surface area contributed by atoms with Gasteiger partial charge in [0.25, 0.3) is 11.5 Å². The number of anilines is 1. The molecule has 42 heavy (non-hydrogen) atoms. The van der Waals surface area contributed by atoms with Crippen molar-refractivity contribution in [2.24, 2.45) is 5.92 Å². The zero-order chi connectivity index (χ0) is 30.4. The Kier molecular flexibility index (Phi) is 9.44. The molecule has 0 radical (unpaired) electrons. The molecule has 2 atom stereocenters. The summed E-state index contributed by atoms with van der Waals surface area (Å²) in [5.74, 6) is -2.53. The number of hydrogen-bond acceptors (Lipinski definition) is 7. The van der Waals surface area contributed by atoms with Crippen LogP contribution in [0.4, 0.5) is 10.5 Å². The molecule has 4 rings (SSSR count). The van der Waals surface area contributed by atoms with Gasteiger partial charge in [0.05, 0.1) is 6.04 Å². The molecule has 1 saturated carbocycles. The zero-order valence-electron chi connectivity index (χ0n) is 24.0. The van der Waals surface area contributed by atoms with Gasteiger partial charge in [-0.2, -0.15) is 0 Å². The highest BCUT2D eigenvalue weighted by Gasteiger charge is 2.35. The van der Waals surface area contributed by atoms with Crippen LogP contribution in [0.2, 0.25) is 0 Å². The highest BCUT2D eigenvalue weighted by Crippen LogP contribution is 2.21. The molecule has 2 aliphatic rings. The number of aromatic nitrogens is 1. The molecular formula is C30H37N5O7. The minimum absolute atomic E-state index is 0.00719. The number of pyridine rings is 1. The summed E-state index contributed by atoms with van der Waals surface area (Å²) in [5, 5.41) is 10.5. The number of nitrogens with one attached hydrogen (secondary N) is 5. The Morgan fingerprint density at radius 2 is 1.81 bits per heavy atom. The number of amides is 4. The highest BCUT2D eigenvalue weighted by molar-refractivity contribution is 6.38. The Bertz CT molecular complexity index is 1420. The number of carbonyl (C=O) groups is 5. The highest BCUT2D eigenvalue weighted by atomic mass is 16.6. The summed E-state index contributed by atoms with van der Waals surface area (Å²) in [6.45, 7) is 5.66. The van der Waals surface area contributed by atoms with E-state index in [2.05, 4.69) is 26.3 Å². The van der Waals surface area contributed by atoms with Crippen molar-refractivity contribution in [1.82, 2.24) is 20.9 Å². The minimum Gasteiger partial charge on any atom is -0.444 e. The fourth-order valence-electron chi connectivity index (χ4n) is 4.60. The number of Topliss-reactive ketones (excluding diaryl/α,β-unsaturated/α-hetero) is 1. The lowest BCUT2D eigenvalue weighted by molar-refractivity contribution is -0.140. The molecule has 4 amide bonds. The number of H-pyrrole nitrogens is 1. The summed E-state index contributed by atoms with van der Waals surface area (Å²) in [4.78, 5) is 77.6. The first kappa shape index (κ1) is 30.5. The predicted molar refractivity (Wildman–Crippen MR) is 155 cm³/mol. The molecule has 1 aliphatic heterocycles. The number of ether oxygens (including phenoxy) is 1. The van der Waals surface area contributed by atoms with Crippen LogP contribution in [0.15, 0.2) is 41.2 Å². The summed E-state index contributed by atoms with van der Waals surface area (Å²) < 4.78 is 5.19. The van der Waals surface area contributed by atoms with Gasteiger partial charge in [-0.3, -0.25) is 29.3 Å². The van der Waals surface area contributed by atoms with E-state index < -0.39 is 46.8 Å². The lowest BCUT2D eigenvalue weighted by Crippen LogP contribution is -2.49. The van der Waals surface area contributed by atoms with Crippen LogP contribution in [0.5, 0.6) is 0 Å². The average molecular weight is 580 g/mol. The van der Waals surface area contributed by atoms with Crippen molar-refractivity contribution in [2.45, 2.75) is 77.0 Å². The van der Waals surface area contributed by atoms with Gasteiger partial charge in [0, 0.05) is 30.6 Å².